The molecule has 7 aromatic rings. The van der Waals surface area contributed by atoms with E-state index >= 15 is 0 Å². The van der Waals surface area contributed by atoms with E-state index in [4.69, 9.17) is 0 Å². The van der Waals surface area contributed by atoms with Crippen LogP contribution in [-0.4, -0.2) is 4.57 Å². The van der Waals surface area contributed by atoms with E-state index in [1.807, 2.05) is 0 Å². The highest BCUT2D eigenvalue weighted by atomic mass is 79.9. The Morgan fingerprint density at radius 1 is 0.500 bits per heavy atom. The number of nitrogens with zero attached hydrogens (tertiary/aromatic N) is 2. The molecule has 7 rings (SSSR count). The molecule has 48 heavy (non-hydrogen) atoms. The van der Waals surface area contributed by atoms with Gasteiger partial charge in [0.05, 0.1) is 16.7 Å². The second kappa shape index (κ2) is 12.4. The molecule has 6 aromatic carbocycles. The van der Waals surface area contributed by atoms with Gasteiger partial charge in [-0.05, 0) is 82.1 Å². The van der Waals surface area contributed by atoms with E-state index in [0.717, 1.165) is 31.7 Å². The van der Waals surface area contributed by atoms with Crippen molar-refractivity contribution >= 4 is 70.7 Å². The molecule has 0 atom stereocenters. The lowest BCUT2D eigenvalue weighted by atomic mass is 9.86. The van der Waals surface area contributed by atoms with Gasteiger partial charge in [0.15, 0.2) is 0 Å². The molecule has 2 nitrogen and oxygen atoms in total. The van der Waals surface area contributed by atoms with Crippen molar-refractivity contribution in [1.29, 1.82) is 0 Å². The van der Waals surface area contributed by atoms with Gasteiger partial charge in [0.1, 0.15) is 0 Å². The van der Waals surface area contributed by atoms with Crippen LogP contribution in [0.5, 0.6) is 0 Å². The predicted molar refractivity (Wildman–Crippen MR) is 214 cm³/mol. The molecular weight excluding hydrogens is 716 g/mol. The number of anilines is 3. The van der Waals surface area contributed by atoms with Crippen molar-refractivity contribution in [3.63, 3.8) is 0 Å². The second-order valence-electron chi connectivity index (χ2n) is 14.7. The van der Waals surface area contributed by atoms with Crippen LogP contribution in [0.2, 0.25) is 0 Å². The van der Waals surface area contributed by atoms with E-state index in [1.165, 1.54) is 44.1 Å². The third kappa shape index (κ3) is 6.13. The zero-order valence-corrected chi connectivity index (χ0v) is 31.5. The Kier molecular flexibility index (Phi) is 8.38. The van der Waals surface area contributed by atoms with Gasteiger partial charge in [0, 0.05) is 42.3 Å². The normalized spacial score (nSPS) is 12.2. The highest BCUT2D eigenvalue weighted by Crippen LogP contribution is 2.44. The van der Waals surface area contributed by atoms with E-state index in [0.29, 0.717) is 0 Å². The SMILES string of the molecule is CC(C)(C)c1ccc2c3ccc(C(C)(C)C)cc3n(-c3cc(Br)cc(N(c4cccc(Br)c4)c4ccccc4-c4ccccc4)c3)c2c1. The Morgan fingerprint density at radius 3 is 1.69 bits per heavy atom. The lowest BCUT2D eigenvalue weighted by Gasteiger charge is -2.29. The third-order valence-corrected chi connectivity index (χ3v) is 10.1. The maximum absolute atomic E-state index is 3.96. The third-order valence-electron chi connectivity index (χ3n) is 9.18. The van der Waals surface area contributed by atoms with Crippen LogP contribution in [0.3, 0.4) is 0 Å². The number of halogens is 2. The van der Waals surface area contributed by atoms with Crippen molar-refractivity contribution in [2.45, 2.75) is 52.4 Å². The highest BCUT2D eigenvalue weighted by Gasteiger charge is 2.23. The molecule has 0 saturated heterocycles. The van der Waals surface area contributed by atoms with Crippen LogP contribution in [0.15, 0.2) is 142 Å². The van der Waals surface area contributed by atoms with Crippen LogP contribution < -0.4 is 4.90 Å². The summed E-state index contributed by atoms with van der Waals surface area (Å²) >= 11 is 7.72. The maximum atomic E-state index is 3.96. The fraction of sp³-hybridized carbons (Fsp3) is 0.182. The van der Waals surface area contributed by atoms with Crippen LogP contribution in [0, 0.1) is 0 Å². The van der Waals surface area contributed by atoms with Gasteiger partial charge in [-0.15, -0.1) is 0 Å². The number of benzene rings is 6. The van der Waals surface area contributed by atoms with Crippen molar-refractivity contribution in [2.24, 2.45) is 0 Å². The minimum atomic E-state index is 0.0210. The first kappa shape index (κ1) is 32.4. The standard InChI is InChI=1S/C44H40Br2N2/c1-43(2,3)30-19-21-38-39-22-20-31(44(4,5)6)24-42(39)48(41(38)23-30)36-27-33(46)26-35(28-36)47(34-16-12-15-32(45)25-34)40-18-11-10-17-37(40)29-13-8-7-9-14-29/h7-28H,1-6H3. The zero-order valence-electron chi connectivity index (χ0n) is 28.4. The van der Waals surface area contributed by atoms with Gasteiger partial charge in [0.2, 0.25) is 0 Å². The quantitative estimate of drug-likeness (QED) is 0.170. The Labute approximate surface area is 301 Å². The smallest absolute Gasteiger partial charge is 0.0544 e. The number of aromatic nitrogens is 1. The summed E-state index contributed by atoms with van der Waals surface area (Å²) in [6.07, 6.45) is 0. The molecule has 240 valence electrons. The minimum absolute atomic E-state index is 0.0210. The van der Waals surface area contributed by atoms with Crippen LogP contribution in [0.25, 0.3) is 38.6 Å². The minimum Gasteiger partial charge on any atom is -0.310 e. The predicted octanol–water partition coefficient (Wildman–Crippen LogP) is 14.0. The highest BCUT2D eigenvalue weighted by molar-refractivity contribution is 9.10. The van der Waals surface area contributed by atoms with Crippen LogP contribution in [0.4, 0.5) is 17.1 Å². The van der Waals surface area contributed by atoms with E-state index in [9.17, 15) is 0 Å². The summed E-state index contributed by atoms with van der Waals surface area (Å²) in [6, 6.07) is 48.7. The molecule has 0 unspecified atom stereocenters. The van der Waals surface area contributed by atoms with E-state index in [1.54, 1.807) is 0 Å². The molecule has 0 amide bonds. The van der Waals surface area contributed by atoms with E-state index in [2.05, 4.69) is 216 Å². The van der Waals surface area contributed by atoms with Gasteiger partial charge in [-0.3, -0.25) is 0 Å². The summed E-state index contributed by atoms with van der Waals surface area (Å²) in [4.78, 5) is 2.37. The average Bonchev–Trinajstić information content (AvgIpc) is 3.38. The average molecular weight is 757 g/mol. The maximum Gasteiger partial charge on any atom is 0.0544 e. The monoisotopic (exact) mass is 754 g/mol. The van der Waals surface area contributed by atoms with Gasteiger partial charge < -0.3 is 9.47 Å². The van der Waals surface area contributed by atoms with Gasteiger partial charge in [0.25, 0.3) is 0 Å². The lowest BCUT2D eigenvalue weighted by Crippen LogP contribution is -2.12. The first-order valence-corrected chi connectivity index (χ1v) is 18.1. The number of hydrogen-bond acceptors (Lipinski definition) is 1. The summed E-state index contributed by atoms with van der Waals surface area (Å²) in [5.74, 6) is 0. The van der Waals surface area contributed by atoms with Crippen molar-refractivity contribution < 1.29 is 0 Å². The molecule has 0 fully saturated rings. The van der Waals surface area contributed by atoms with Crippen LogP contribution in [-0.2, 0) is 10.8 Å². The molecule has 0 aliphatic rings. The first-order valence-electron chi connectivity index (χ1n) is 16.5. The van der Waals surface area contributed by atoms with E-state index in [-0.39, 0.29) is 10.8 Å². The molecule has 1 heterocycles. The number of rotatable bonds is 5. The van der Waals surface area contributed by atoms with Crippen molar-refractivity contribution in [3.8, 4) is 16.8 Å². The topological polar surface area (TPSA) is 8.17 Å². The fourth-order valence-corrected chi connectivity index (χ4v) is 7.48. The Bertz CT molecular complexity index is 2210. The first-order chi connectivity index (χ1) is 22.9. The molecule has 0 N–H and O–H groups in total. The second-order valence-corrected chi connectivity index (χ2v) is 16.5. The molecule has 0 spiro atoms. The van der Waals surface area contributed by atoms with E-state index < -0.39 is 0 Å². The molecule has 1 aromatic heterocycles. The molecule has 0 aliphatic heterocycles. The van der Waals surface area contributed by atoms with Crippen molar-refractivity contribution in [3.05, 3.63) is 154 Å². The summed E-state index contributed by atoms with van der Waals surface area (Å²) in [5.41, 5.74) is 11.8. The largest absolute Gasteiger partial charge is 0.310 e. The Balaban J connectivity index is 1.54. The van der Waals surface area contributed by atoms with Crippen molar-refractivity contribution in [2.75, 3.05) is 4.90 Å². The lowest BCUT2D eigenvalue weighted by molar-refractivity contribution is 0.591. The molecule has 4 heteroatoms. The molecule has 0 aliphatic carbocycles. The summed E-state index contributed by atoms with van der Waals surface area (Å²) < 4.78 is 4.51. The molecular formula is C44H40Br2N2. The van der Waals surface area contributed by atoms with Crippen molar-refractivity contribution in [1.82, 2.24) is 4.57 Å². The Morgan fingerprint density at radius 2 is 1.08 bits per heavy atom. The fourth-order valence-electron chi connectivity index (χ4n) is 6.62. The van der Waals surface area contributed by atoms with Gasteiger partial charge >= 0.3 is 0 Å². The molecule has 0 bridgehead atoms. The number of para-hydroxylation sites is 1. The number of fused-ring (bicyclic) bond motifs is 3. The molecule has 0 saturated carbocycles. The molecule has 0 radical (unpaired) electrons. The van der Waals surface area contributed by atoms with Gasteiger partial charge in [-0.2, -0.15) is 0 Å². The zero-order chi connectivity index (χ0) is 33.8. The summed E-state index contributed by atoms with van der Waals surface area (Å²) in [5, 5.41) is 2.52. The van der Waals surface area contributed by atoms with Gasteiger partial charge in [-0.25, -0.2) is 0 Å². The van der Waals surface area contributed by atoms with Crippen LogP contribution >= 0.6 is 31.9 Å². The Hall–Kier alpha value is -4.12. The van der Waals surface area contributed by atoms with Crippen LogP contribution in [0.1, 0.15) is 52.7 Å². The number of hydrogen-bond donors (Lipinski definition) is 0. The summed E-state index contributed by atoms with van der Waals surface area (Å²) in [6.45, 7) is 13.7. The summed E-state index contributed by atoms with van der Waals surface area (Å²) in [7, 11) is 0. The van der Waals surface area contributed by atoms with Gasteiger partial charge in [-0.1, -0.05) is 152 Å².